The van der Waals surface area contributed by atoms with Gasteiger partial charge in [0.15, 0.2) is 0 Å². The van der Waals surface area contributed by atoms with Crippen LogP contribution in [0.3, 0.4) is 0 Å². The largest absolute Gasteiger partial charge is 0.480 e. The molecule has 0 rings (SSSR count). The topological polar surface area (TPSA) is 130 Å². The zero-order valence-electron chi connectivity index (χ0n) is 9.75. The molecular weight excluding hydrogens is 264 g/mol. The average molecular weight is 286 g/mol. The van der Waals surface area contributed by atoms with Crippen LogP contribution in [0, 0.1) is 0 Å². The maximum absolute atomic E-state index is 10.0. The normalized spacial score (nSPS) is 11.5. The van der Waals surface area contributed by atoms with Crippen molar-refractivity contribution >= 4 is 27.6 Å². The van der Waals surface area contributed by atoms with Crippen LogP contribution < -0.4 is 11.5 Å². The molecule has 6 nitrogen and oxygen atoms in total. The predicted molar refractivity (Wildman–Crippen MR) is 73.0 cm³/mol. The molecule has 0 radical (unpaired) electrons. The van der Waals surface area contributed by atoms with E-state index in [4.69, 9.17) is 26.8 Å². The molecule has 0 saturated heterocycles. The number of aliphatic hydroxyl groups is 2. The molecule has 0 spiro atoms. The lowest BCUT2D eigenvalue weighted by Crippen LogP contribution is -2.30. The summed E-state index contributed by atoms with van der Waals surface area (Å²) in [6, 6.07) is -0.742. The molecule has 104 valence electrons. The number of hydrogen-bond acceptors (Lipinski definition) is 7. The smallest absolute Gasteiger partial charge is 0.320 e. The van der Waals surface area contributed by atoms with E-state index in [2.05, 4.69) is 0 Å². The third-order valence-electron chi connectivity index (χ3n) is 1.47. The van der Waals surface area contributed by atoms with Gasteiger partial charge in [-0.1, -0.05) is 21.6 Å². The van der Waals surface area contributed by atoms with E-state index in [1.165, 1.54) is 0 Å². The summed E-state index contributed by atoms with van der Waals surface area (Å²) in [6.07, 6.45) is 1.14. The number of nitrogens with two attached hydrogens (primary N) is 2. The van der Waals surface area contributed by atoms with E-state index >= 15 is 0 Å². The van der Waals surface area contributed by atoms with Gasteiger partial charge in [0, 0.05) is 11.5 Å². The van der Waals surface area contributed by atoms with Crippen LogP contribution in [0.2, 0.25) is 0 Å². The summed E-state index contributed by atoms with van der Waals surface area (Å²) in [7, 11) is 3.17. The number of aliphatic hydroxyl groups excluding tert-OH is 2. The van der Waals surface area contributed by atoms with E-state index in [0.29, 0.717) is 19.4 Å². The maximum atomic E-state index is 10.0. The van der Waals surface area contributed by atoms with Gasteiger partial charge in [-0.3, -0.25) is 4.79 Å². The molecule has 8 heteroatoms. The van der Waals surface area contributed by atoms with E-state index in [-0.39, 0.29) is 13.2 Å². The van der Waals surface area contributed by atoms with Gasteiger partial charge in [0.1, 0.15) is 6.04 Å². The molecule has 0 saturated carbocycles. The van der Waals surface area contributed by atoms with Gasteiger partial charge >= 0.3 is 5.97 Å². The summed E-state index contributed by atoms with van der Waals surface area (Å²) in [5.41, 5.74) is 10.3. The first-order chi connectivity index (χ1) is 8.09. The summed E-state index contributed by atoms with van der Waals surface area (Å²) in [4.78, 5) is 10.0. The van der Waals surface area contributed by atoms with E-state index < -0.39 is 12.0 Å². The van der Waals surface area contributed by atoms with Crippen molar-refractivity contribution < 1.29 is 20.1 Å². The first-order valence-electron chi connectivity index (χ1n) is 5.24. The Kier molecular flexibility index (Phi) is 18.2. The van der Waals surface area contributed by atoms with Gasteiger partial charge in [-0.05, 0) is 19.4 Å². The number of rotatable bonds is 9. The first kappa shape index (κ1) is 19.4. The molecule has 0 heterocycles. The fourth-order valence-electron chi connectivity index (χ4n) is 0.654. The monoisotopic (exact) mass is 286 g/mol. The number of hydrogen-bond donors (Lipinski definition) is 5. The van der Waals surface area contributed by atoms with Crippen molar-refractivity contribution in [2.45, 2.75) is 18.9 Å². The second-order valence-corrected chi connectivity index (χ2v) is 5.67. The minimum atomic E-state index is -0.955. The lowest BCUT2D eigenvalue weighted by Gasteiger charge is -2.02. The molecule has 0 bridgehead atoms. The number of carboxylic acid groups (broad SMARTS) is 1. The Balaban J connectivity index is 0. The Morgan fingerprint density at radius 3 is 1.94 bits per heavy atom. The van der Waals surface area contributed by atoms with Crippen LogP contribution in [0.4, 0.5) is 0 Å². The summed E-state index contributed by atoms with van der Waals surface area (Å²) in [6.45, 7) is 0.952. The summed E-state index contributed by atoms with van der Waals surface area (Å²) < 4.78 is 0. The highest BCUT2D eigenvalue weighted by molar-refractivity contribution is 8.76. The molecule has 0 aromatic carbocycles. The summed E-state index contributed by atoms with van der Waals surface area (Å²) in [5.74, 6) is 0.554. The highest BCUT2D eigenvalue weighted by Crippen LogP contribution is 2.18. The van der Waals surface area contributed by atoms with Crippen molar-refractivity contribution in [1.82, 2.24) is 0 Å². The van der Waals surface area contributed by atoms with Crippen LogP contribution in [0.25, 0.3) is 0 Å². The highest BCUT2D eigenvalue weighted by Gasteiger charge is 2.08. The van der Waals surface area contributed by atoms with Gasteiger partial charge in [0.2, 0.25) is 0 Å². The summed E-state index contributed by atoms with van der Waals surface area (Å²) in [5, 5.41) is 24.8. The molecule has 0 amide bonds. The zero-order valence-corrected chi connectivity index (χ0v) is 11.4. The standard InChI is InChI=1S/C5H12N2O2.C4H10O2S2/c6-3-1-2-4(7)5(8)9;5-1-3-7-8-4-2-6/h4H,1-3,6-7H2,(H,8,9);5-6H,1-4H2. The van der Waals surface area contributed by atoms with E-state index in [1.807, 2.05) is 0 Å². The Morgan fingerprint density at radius 1 is 1.18 bits per heavy atom. The zero-order chi connectivity index (χ0) is 13.5. The van der Waals surface area contributed by atoms with Crippen LogP contribution >= 0.6 is 21.6 Å². The van der Waals surface area contributed by atoms with Crippen LogP contribution in [-0.2, 0) is 4.79 Å². The van der Waals surface area contributed by atoms with E-state index in [9.17, 15) is 4.79 Å². The Labute approximate surface area is 110 Å². The second-order valence-electron chi connectivity index (χ2n) is 2.97. The van der Waals surface area contributed by atoms with Crippen molar-refractivity contribution in [3.63, 3.8) is 0 Å². The molecule has 7 N–H and O–H groups in total. The maximum Gasteiger partial charge on any atom is 0.320 e. The third-order valence-corrected chi connectivity index (χ3v) is 3.83. The van der Waals surface area contributed by atoms with Gasteiger partial charge in [-0.15, -0.1) is 0 Å². The fraction of sp³-hybridized carbons (Fsp3) is 0.889. The SMILES string of the molecule is NCCCC(N)C(=O)O.OCCSSCCO. The van der Waals surface area contributed by atoms with Crippen LogP contribution in [0.5, 0.6) is 0 Å². The Morgan fingerprint density at radius 2 is 1.65 bits per heavy atom. The minimum absolute atomic E-state index is 0.225. The minimum Gasteiger partial charge on any atom is -0.480 e. The van der Waals surface area contributed by atoms with Gasteiger partial charge in [0.25, 0.3) is 0 Å². The predicted octanol–water partition coefficient (Wildman–Crippen LogP) is -0.510. The third kappa shape index (κ3) is 18.6. The Bertz CT molecular complexity index is 169. The van der Waals surface area contributed by atoms with Crippen molar-refractivity contribution in [3.05, 3.63) is 0 Å². The number of carboxylic acids is 1. The van der Waals surface area contributed by atoms with Crippen LogP contribution in [-0.4, -0.2) is 58.6 Å². The molecule has 0 aromatic heterocycles. The fourth-order valence-corrected chi connectivity index (χ4v) is 2.19. The molecule has 0 fully saturated rings. The lowest BCUT2D eigenvalue weighted by atomic mass is 10.2. The van der Waals surface area contributed by atoms with E-state index in [0.717, 1.165) is 11.5 Å². The van der Waals surface area contributed by atoms with Gasteiger partial charge in [0.05, 0.1) is 13.2 Å². The Hall–Kier alpha value is 0.01000. The molecule has 0 aliphatic carbocycles. The highest BCUT2D eigenvalue weighted by atomic mass is 33.1. The van der Waals surface area contributed by atoms with Crippen molar-refractivity contribution in [3.8, 4) is 0 Å². The molecular formula is C9H22N2O4S2. The molecule has 0 aliphatic heterocycles. The van der Waals surface area contributed by atoms with Gasteiger partial charge < -0.3 is 26.8 Å². The number of carbonyl (C=O) groups is 1. The lowest BCUT2D eigenvalue weighted by molar-refractivity contribution is -0.138. The quantitative estimate of drug-likeness (QED) is 0.283. The van der Waals surface area contributed by atoms with E-state index in [1.54, 1.807) is 21.6 Å². The first-order valence-corrected chi connectivity index (χ1v) is 7.73. The van der Waals surface area contributed by atoms with Crippen LogP contribution in [0.1, 0.15) is 12.8 Å². The van der Waals surface area contributed by atoms with Crippen molar-refractivity contribution in [2.75, 3.05) is 31.3 Å². The van der Waals surface area contributed by atoms with Gasteiger partial charge in [-0.25, -0.2) is 0 Å². The van der Waals surface area contributed by atoms with Crippen molar-refractivity contribution in [2.24, 2.45) is 11.5 Å². The second kappa shape index (κ2) is 16.0. The molecule has 0 aliphatic rings. The number of aliphatic carboxylic acids is 1. The van der Waals surface area contributed by atoms with Gasteiger partial charge in [-0.2, -0.15) is 0 Å². The molecule has 1 unspecified atom stereocenters. The summed E-state index contributed by atoms with van der Waals surface area (Å²) >= 11 is 0. The van der Waals surface area contributed by atoms with Crippen molar-refractivity contribution in [1.29, 1.82) is 0 Å². The average Bonchev–Trinajstić information content (AvgIpc) is 2.32. The van der Waals surface area contributed by atoms with Crippen LogP contribution in [0.15, 0.2) is 0 Å². The molecule has 1 atom stereocenters. The molecule has 0 aromatic rings. The molecule has 17 heavy (non-hydrogen) atoms.